The number of ether oxygens (including phenoxy) is 4. The highest BCUT2D eigenvalue weighted by Crippen LogP contribution is 2.36. The van der Waals surface area contributed by atoms with Crippen molar-refractivity contribution in [2.75, 3.05) is 35.0 Å². The molecule has 3 rings (SSSR count). The zero-order valence-electron chi connectivity index (χ0n) is 15.4. The summed E-state index contributed by atoms with van der Waals surface area (Å²) < 4.78 is 21.6. The minimum absolute atomic E-state index is 0.0232. The van der Waals surface area contributed by atoms with Gasteiger partial charge in [0.15, 0.2) is 23.0 Å². The minimum Gasteiger partial charge on any atom is -0.493 e. The molecule has 0 saturated heterocycles. The third-order valence-corrected chi connectivity index (χ3v) is 4.50. The zero-order chi connectivity index (χ0) is 18.7. The van der Waals surface area contributed by atoms with Crippen LogP contribution in [-0.2, 0) is 6.42 Å². The molecule has 1 N–H and O–H groups in total. The Kier molecular flexibility index (Phi) is 5.32. The number of nitrogens with zero attached hydrogens (tertiary/aromatic N) is 1. The average molecular weight is 357 g/mol. The number of aliphatic imine (C=N–C) groups is 1. The summed E-state index contributed by atoms with van der Waals surface area (Å²) in [5, 5.41) is 9.68. The standard InChI is InChI=1S/C20H23NO5/c1-23-16-6-5-12(8-17(16)24-2)20-15-10-19(26-4)18(25-3)9-13(15)7-14(11-22)21-20/h5-6,8-10,14,22H,7,11H2,1-4H3/t14-/m0/s1. The van der Waals surface area contributed by atoms with E-state index in [0.717, 1.165) is 22.4 Å². The Labute approximate surface area is 153 Å². The van der Waals surface area contributed by atoms with Crippen LogP contribution in [0, 0.1) is 0 Å². The summed E-state index contributed by atoms with van der Waals surface area (Å²) in [6.45, 7) is -0.0232. The molecule has 138 valence electrons. The maximum atomic E-state index is 9.68. The van der Waals surface area contributed by atoms with Crippen molar-refractivity contribution < 1.29 is 24.1 Å². The van der Waals surface area contributed by atoms with Crippen LogP contribution in [0.15, 0.2) is 35.3 Å². The monoisotopic (exact) mass is 357 g/mol. The summed E-state index contributed by atoms with van der Waals surface area (Å²) in [5.74, 6) is 2.58. The van der Waals surface area contributed by atoms with Crippen LogP contribution in [0.5, 0.6) is 23.0 Å². The number of methoxy groups -OCH3 is 4. The lowest BCUT2D eigenvalue weighted by molar-refractivity contribution is 0.265. The summed E-state index contributed by atoms with van der Waals surface area (Å²) in [5.41, 5.74) is 3.68. The van der Waals surface area contributed by atoms with Gasteiger partial charge in [0.1, 0.15) is 0 Å². The molecule has 1 aliphatic heterocycles. The van der Waals surface area contributed by atoms with Crippen LogP contribution in [0.4, 0.5) is 0 Å². The van der Waals surface area contributed by atoms with Gasteiger partial charge in [-0.3, -0.25) is 4.99 Å². The quantitative estimate of drug-likeness (QED) is 0.860. The Morgan fingerprint density at radius 1 is 0.885 bits per heavy atom. The molecule has 0 amide bonds. The molecule has 0 radical (unpaired) electrons. The van der Waals surface area contributed by atoms with Crippen molar-refractivity contribution in [3.05, 3.63) is 47.0 Å². The van der Waals surface area contributed by atoms with E-state index in [4.69, 9.17) is 23.9 Å². The van der Waals surface area contributed by atoms with Crippen LogP contribution in [0.1, 0.15) is 16.7 Å². The normalized spacial score (nSPS) is 15.7. The molecule has 1 heterocycles. The fraction of sp³-hybridized carbons (Fsp3) is 0.350. The van der Waals surface area contributed by atoms with Crippen molar-refractivity contribution in [2.24, 2.45) is 4.99 Å². The topological polar surface area (TPSA) is 69.5 Å². The molecule has 0 aliphatic carbocycles. The van der Waals surface area contributed by atoms with Crippen molar-refractivity contribution >= 4 is 5.71 Å². The van der Waals surface area contributed by atoms with Gasteiger partial charge >= 0.3 is 0 Å². The van der Waals surface area contributed by atoms with Crippen molar-refractivity contribution in [2.45, 2.75) is 12.5 Å². The third kappa shape index (κ3) is 3.20. The number of aliphatic hydroxyl groups excluding tert-OH is 1. The molecule has 2 aromatic rings. The van der Waals surface area contributed by atoms with Crippen LogP contribution in [0.2, 0.25) is 0 Å². The van der Waals surface area contributed by atoms with Crippen LogP contribution < -0.4 is 18.9 Å². The van der Waals surface area contributed by atoms with Crippen LogP contribution in [0.25, 0.3) is 0 Å². The van der Waals surface area contributed by atoms with Gasteiger partial charge in [-0.1, -0.05) is 0 Å². The van der Waals surface area contributed by atoms with Gasteiger partial charge in [0.05, 0.1) is 46.8 Å². The number of rotatable bonds is 6. The maximum absolute atomic E-state index is 9.68. The summed E-state index contributed by atoms with van der Waals surface area (Å²) in [7, 11) is 6.42. The van der Waals surface area contributed by atoms with Gasteiger partial charge in [0, 0.05) is 11.1 Å². The molecule has 26 heavy (non-hydrogen) atoms. The van der Waals surface area contributed by atoms with E-state index < -0.39 is 0 Å². The highest BCUT2D eigenvalue weighted by molar-refractivity contribution is 6.15. The predicted molar refractivity (Wildman–Crippen MR) is 99.3 cm³/mol. The van der Waals surface area contributed by atoms with Crippen molar-refractivity contribution in [3.63, 3.8) is 0 Å². The second-order valence-corrected chi connectivity index (χ2v) is 5.95. The molecule has 6 heteroatoms. The van der Waals surface area contributed by atoms with Crippen LogP contribution >= 0.6 is 0 Å². The Morgan fingerprint density at radius 3 is 2.12 bits per heavy atom. The Balaban J connectivity index is 2.16. The van der Waals surface area contributed by atoms with Gasteiger partial charge in [-0.15, -0.1) is 0 Å². The van der Waals surface area contributed by atoms with Crippen LogP contribution in [-0.4, -0.2) is 51.9 Å². The van der Waals surface area contributed by atoms with Gasteiger partial charge in [0.2, 0.25) is 0 Å². The summed E-state index contributed by atoms with van der Waals surface area (Å²) in [6, 6.07) is 9.34. The summed E-state index contributed by atoms with van der Waals surface area (Å²) in [4.78, 5) is 4.75. The lowest BCUT2D eigenvalue weighted by Gasteiger charge is -2.24. The highest BCUT2D eigenvalue weighted by Gasteiger charge is 2.25. The molecule has 0 bridgehead atoms. The third-order valence-electron chi connectivity index (χ3n) is 4.50. The molecular formula is C20H23NO5. The Bertz CT molecular complexity index is 831. The lowest BCUT2D eigenvalue weighted by Crippen LogP contribution is -2.24. The van der Waals surface area contributed by atoms with Gasteiger partial charge in [-0.25, -0.2) is 0 Å². The van der Waals surface area contributed by atoms with Crippen molar-refractivity contribution in [1.29, 1.82) is 0 Å². The first kappa shape index (κ1) is 18.1. The van der Waals surface area contributed by atoms with Crippen LogP contribution in [0.3, 0.4) is 0 Å². The van der Waals surface area contributed by atoms with Crippen molar-refractivity contribution in [3.8, 4) is 23.0 Å². The largest absolute Gasteiger partial charge is 0.493 e. The number of aliphatic hydroxyl groups is 1. The van der Waals surface area contributed by atoms with E-state index in [0.29, 0.717) is 29.4 Å². The number of benzene rings is 2. The van der Waals surface area contributed by atoms with E-state index >= 15 is 0 Å². The molecule has 0 aromatic heterocycles. The Morgan fingerprint density at radius 2 is 1.50 bits per heavy atom. The molecule has 0 saturated carbocycles. The second-order valence-electron chi connectivity index (χ2n) is 5.95. The molecule has 0 unspecified atom stereocenters. The Hall–Kier alpha value is -2.73. The number of fused-ring (bicyclic) bond motifs is 1. The smallest absolute Gasteiger partial charge is 0.161 e. The molecule has 6 nitrogen and oxygen atoms in total. The van der Waals surface area contributed by atoms with Gasteiger partial charge in [0.25, 0.3) is 0 Å². The summed E-state index contributed by atoms with van der Waals surface area (Å²) in [6.07, 6.45) is 0.642. The van der Waals surface area contributed by atoms with Gasteiger partial charge in [-0.05, 0) is 42.3 Å². The maximum Gasteiger partial charge on any atom is 0.161 e. The molecule has 2 aromatic carbocycles. The fourth-order valence-electron chi connectivity index (χ4n) is 3.18. The lowest BCUT2D eigenvalue weighted by atomic mass is 9.89. The van der Waals surface area contributed by atoms with E-state index in [-0.39, 0.29) is 12.6 Å². The average Bonchev–Trinajstić information content (AvgIpc) is 2.71. The zero-order valence-corrected chi connectivity index (χ0v) is 15.4. The minimum atomic E-state index is -0.205. The van der Waals surface area contributed by atoms with Gasteiger partial charge in [-0.2, -0.15) is 0 Å². The first-order valence-electron chi connectivity index (χ1n) is 8.31. The molecular weight excluding hydrogens is 334 g/mol. The summed E-state index contributed by atoms with van der Waals surface area (Å²) >= 11 is 0. The highest BCUT2D eigenvalue weighted by atomic mass is 16.5. The first-order valence-corrected chi connectivity index (χ1v) is 8.31. The molecule has 1 aliphatic rings. The SMILES string of the molecule is COc1ccc(C2=N[C@H](CO)Cc3cc(OC)c(OC)cc32)cc1OC. The fourth-order valence-corrected chi connectivity index (χ4v) is 3.18. The van der Waals surface area contributed by atoms with Crippen molar-refractivity contribution in [1.82, 2.24) is 0 Å². The van der Waals surface area contributed by atoms with E-state index in [1.54, 1.807) is 28.4 Å². The van der Waals surface area contributed by atoms with E-state index in [2.05, 4.69) is 0 Å². The predicted octanol–water partition coefficient (Wildman–Crippen LogP) is 2.48. The first-order chi connectivity index (χ1) is 12.6. The molecule has 1 atom stereocenters. The number of hydrogen-bond donors (Lipinski definition) is 1. The molecule has 0 spiro atoms. The number of hydrogen-bond acceptors (Lipinski definition) is 6. The molecule has 0 fully saturated rings. The van der Waals surface area contributed by atoms with E-state index in [1.165, 1.54) is 0 Å². The van der Waals surface area contributed by atoms with Gasteiger partial charge < -0.3 is 24.1 Å². The van der Waals surface area contributed by atoms with E-state index in [9.17, 15) is 5.11 Å². The van der Waals surface area contributed by atoms with E-state index in [1.807, 2.05) is 30.3 Å². The second kappa shape index (κ2) is 7.66.